The van der Waals surface area contributed by atoms with Gasteiger partial charge in [0.15, 0.2) is 5.11 Å². The van der Waals surface area contributed by atoms with Crippen molar-refractivity contribution in [2.75, 3.05) is 74.1 Å². The van der Waals surface area contributed by atoms with Gasteiger partial charge in [-0.05, 0) is 61.2 Å². The molecule has 228 valence electrons. The summed E-state index contributed by atoms with van der Waals surface area (Å²) >= 11 is 5.22. The zero-order chi connectivity index (χ0) is 30.6. The van der Waals surface area contributed by atoms with Crippen molar-refractivity contribution in [3.63, 3.8) is 0 Å². The molecule has 8 nitrogen and oxygen atoms in total. The Kier molecular flexibility index (Phi) is 9.31. The van der Waals surface area contributed by atoms with Crippen LogP contribution in [-0.2, 0) is 12.7 Å². The predicted molar refractivity (Wildman–Crippen MR) is 166 cm³/mol. The highest BCUT2D eigenvalue weighted by molar-refractivity contribution is 7.80. The Morgan fingerprint density at radius 1 is 0.953 bits per heavy atom. The lowest BCUT2D eigenvalue weighted by Gasteiger charge is -2.39. The minimum atomic E-state index is -4.41. The summed E-state index contributed by atoms with van der Waals surface area (Å²) in [6, 6.07) is 12.4. The van der Waals surface area contributed by atoms with Gasteiger partial charge in [-0.1, -0.05) is 12.1 Å². The van der Waals surface area contributed by atoms with Gasteiger partial charge in [0.05, 0.1) is 24.0 Å². The highest BCUT2D eigenvalue weighted by atomic mass is 32.1. The lowest BCUT2D eigenvalue weighted by atomic mass is 10.1. The summed E-state index contributed by atoms with van der Waals surface area (Å²) in [5.74, 6) is -0.402. The number of hydrogen-bond donors (Lipinski definition) is 1. The van der Waals surface area contributed by atoms with Crippen molar-refractivity contribution < 1.29 is 17.6 Å². The van der Waals surface area contributed by atoms with E-state index < -0.39 is 17.6 Å². The van der Waals surface area contributed by atoms with Gasteiger partial charge in [0, 0.05) is 81.7 Å². The quantitative estimate of drug-likeness (QED) is 0.182. The van der Waals surface area contributed by atoms with Crippen molar-refractivity contribution in [2.45, 2.75) is 12.7 Å². The summed E-state index contributed by atoms with van der Waals surface area (Å²) in [5.41, 5.74) is 8.55. The Balaban J connectivity index is 1.38. The number of likely N-dealkylation sites (N-methyl/N-ethyl adjacent to an activating group) is 1. The summed E-state index contributed by atoms with van der Waals surface area (Å²) in [7, 11) is 2.07. The molecule has 0 unspecified atom stereocenters. The maximum absolute atomic E-state index is 15.7. The van der Waals surface area contributed by atoms with Gasteiger partial charge in [-0.3, -0.25) is 4.98 Å². The van der Waals surface area contributed by atoms with Gasteiger partial charge in [-0.15, -0.1) is 0 Å². The summed E-state index contributed by atoms with van der Waals surface area (Å²) < 4.78 is 55.5. The number of benzene rings is 2. The molecule has 0 bridgehead atoms. The van der Waals surface area contributed by atoms with E-state index in [9.17, 15) is 13.2 Å². The Labute approximate surface area is 254 Å². The zero-order valence-corrected chi connectivity index (χ0v) is 24.7. The van der Waals surface area contributed by atoms with Crippen LogP contribution in [0.25, 0.3) is 0 Å². The Morgan fingerprint density at radius 3 is 2.28 bits per heavy atom. The summed E-state index contributed by atoms with van der Waals surface area (Å²) in [4.78, 5) is 12.4. The number of alkyl halides is 3. The second kappa shape index (κ2) is 13.1. The number of piperazine rings is 2. The van der Waals surface area contributed by atoms with E-state index in [1.165, 1.54) is 23.2 Å². The molecule has 2 aliphatic rings. The summed E-state index contributed by atoms with van der Waals surface area (Å²) in [5, 5.41) is 6.07. The van der Waals surface area contributed by atoms with Crippen LogP contribution in [0.15, 0.2) is 66.0 Å². The summed E-state index contributed by atoms with van der Waals surface area (Å²) in [6.45, 7) is 5.42. The Morgan fingerprint density at radius 2 is 1.63 bits per heavy atom. The van der Waals surface area contributed by atoms with Crippen molar-refractivity contribution in [2.24, 2.45) is 10.8 Å². The van der Waals surface area contributed by atoms with Crippen LogP contribution >= 0.6 is 12.2 Å². The molecular weight excluding hydrogens is 580 g/mol. The standard InChI is InChI=1S/C30H34F4N8S/c1-38-8-10-40(11-9-38)27-18-28(41-14-12-39(13-15-41)25-6-2-5-24(17-25)30(32,33)34)26(31)16-23(27)20-37-42(29(35)43)21-22-4-3-7-36-19-22/h2-7,16-20H,8-15,21H2,1H3,(H2,35,43). The minimum absolute atomic E-state index is 0.0805. The third kappa shape index (κ3) is 7.52. The van der Waals surface area contributed by atoms with Crippen molar-refractivity contribution >= 4 is 40.6 Å². The highest BCUT2D eigenvalue weighted by Crippen LogP contribution is 2.34. The first-order chi connectivity index (χ1) is 20.6. The molecule has 3 heterocycles. The SMILES string of the molecule is CN1CCN(c2cc(N3CCN(c4cccc(C(F)(F)F)c4)CC3)c(F)cc2C=NN(Cc2cccnc2)C(N)=S)CC1. The molecule has 13 heteroatoms. The Bertz CT molecular complexity index is 1440. The van der Waals surface area contributed by atoms with Crippen LogP contribution in [0, 0.1) is 5.82 Å². The van der Waals surface area contributed by atoms with E-state index in [2.05, 4.69) is 26.9 Å². The van der Waals surface area contributed by atoms with E-state index in [4.69, 9.17) is 18.0 Å². The molecule has 5 rings (SSSR count). The molecule has 3 aromatic rings. The molecule has 1 aromatic heterocycles. The van der Waals surface area contributed by atoms with E-state index in [1.807, 2.05) is 28.0 Å². The second-order valence-electron chi connectivity index (χ2n) is 10.7. The van der Waals surface area contributed by atoms with Crippen LogP contribution in [0.2, 0.25) is 0 Å². The van der Waals surface area contributed by atoms with Crippen LogP contribution in [0.4, 0.5) is 34.6 Å². The third-order valence-electron chi connectivity index (χ3n) is 7.74. The van der Waals surface area contributed by atoms with Crippen LogP contribution < -0.4 is 20.4 Å². The van der Waals surface area contributed by atoms with E-state index >= 15 is 4.39 Å². The lowest BCUT2D eigenvalue weighted by molar-refractivity contribution is -0.137. The number of nitrogens with zero attached hydrogens (tertiary/aromatic N) is 7. The molecular formula is C30H34F4N8S. The van der Waals surface area contributed by atoms with Gasteiger partial charge in [-0.25, -0.2) is 9.40 Å². The molecule has 0 spiro atoms. The fraction of sp³-hybridized carbons (Fsp3) is 0.367. The number of anilines is 3. The Hall–Kier alpha value is -3.97. The number of hydrogen-bond acceptors (Lipinski definition) is 7. The molecule has 2 N–H and O–H groups in total. The van der Waals surface area contributed by atoms with E-state index in [0.29, 0.717) is 49.7 Å². The maximum atomic E-state index is 15.7. The molecule has 0 aliphatic carbocycles. The largest absolute Gasteiger partial charge is 0.416 e. The number of thiocarbonyl (C=S) groups is 1. The molecule has 2 aromatic carbocycles. The fourth-order valence-electron chi connectivity index (χ4n) is 5.29. The van der Waals surface area contributed by atoms with Crippen molar-refractivity contribution in [3.8, 4) is 0 Å². The van der Waals surface area contributed by atoms with Gasteiger partial charge in [0.1, 0.15) is 5.82 Å². The fourth-order valence-corrected chi connectivity index (χ4v) is 5.40. The topological polar surface area (TPSA) is 67.5 Å². The minimum Gasteiger partial charge on any atom is -0.375 e. The molecule has 43 heavy (non-hydrogen) atoms. The predicted octanol–water partition coefficient (Wildman–Crippen LogP) is 4.40. The van der Waals surface area contributed by atoms with E-state index in [0.717, 1.165) is 43.5 Å². The van der Waals surface area contributed by atoms with E-state index in [-0.39, 0.29) is 5.11 Å². The molecule has 2 aliphatic heterocycles. The first-order valence-corrected chi connectivity index (χ1v) is 14.4. The highest BCUT2D eigenvalue weighted by Gasteiger charge is 2.31. The smallest absolute Gasteiger partial charge is 0.375 e. The van der Waals surface area contributed by atoms with Gasteiger partial charge >= 0.3 is 6.18 Å². The normalized spacial score (nSPS) is 16.6. The van der Waals surface area contributed by atoms with Crippen LogP contribution in [0.3, 0.4) is 0 Å². The summed E-state index contributed by atoms with van der Waals surface area (Å²) in [6.07, 6.45) is 0.561. The molecule has 0 atom stereocenters. The van der Waals surface area contributed by atoms with Gasteiger partial charge < -0.3 is 25.3 Å². The van der Waals surface area contributed by atoms with Crippen LogP contribution in [-0.4, -0.2) is 85.6 Å². The van der Waals surface area contributed by atoms with Crippen molar-refractivity contribution in [1.29, 1.82) is 0 Å². The van der Waals surface area contributed by atoms with Crippen LogP contribution in [0.1, 0.15) is 16.7 Å². The molecule has 2 saturated heterocycles. The first kappa shape index (κ1) is 30.5. The average Bonchev–Trinajstić information content (AvgIpc) is 3.00. The van der Waals surface area contributed by atoms with Gasteiger partial charge in [0.25, 0.3) is 0 Å². The monoisotopic (exact) mass is 614 g/mol. The molecule has 0 radical (unpaired) electrons. The molecule has 0 saturated carbocycles. The number of hydrazone groups is 1. The van der Waals surface area contributed by atoms with E-state index in [1.54, 1.807) is 24.7 Å². The van der Waals surface area contributed by atoms with Gasteiger partial charge in [-0.2, -0.15) is 18.3 Å². The lowest BCUT2D eigenvalue weighted by Crippen LogP contribution is -2.47. The van der Waals surface area contributed by atoms with Crippen LogP contribution in [0.5, 0.6) is 0 Å². The van der Waals surface area contributed by atoms with Crippen molar-refractivity contribution in [1.82, 2.24) is 14.9 Å². The zero-order valence-electron chi connectivity index (χ0n) is 23.8. The third-order valence-corrected chi connectivity index (χ3v) is 7.96. The number of aromatic nitrogens is 1. The average molecular weight is 615 g/mol. The second-order valence-corrected chi connectivity index (χ2v) is 11.1. The molecule has 2 fully saturated rings. The number of pyridine rings is 1. The first-order valence-electron chi connectivity index (χ1n) is 14.0. The van der Waals surface area contributed by atoms with Crippen molar-refractivity contribution in [3.05, 3.63) is 83.4 Å². The number of halogens is 4. The maximum Gasteiger partial charge on any atom is 0.416 e. The number of nitrogens with two attached hydrogens (primary N) is 1. The molecule has 0 amide bonds. The number of rotatable bonds is 7. The van der Waals surface area contributed by atoms with Gasteiger partial charge in [0.2, 0.25) is 0 Å².